The second-order valence-corrected chi connectivity index (χ2v) is 4.86. The fraction of sp³-hybridized carbons (Fsp3) is 0.273. The summed E-state index contributed by atoms with van der Waals surface area (Å²) in [6, 6.07) is 0. The van der Waals surface area contributed by atoms with Gasteiger partial charge in [0.2, 0.25) is 5.82 Å². The van der Waals surface area contributed by atoms with Gasteiger partial charge in [-0.1, -0.05) is 25.2 Å². The summed E-state index contributed by atoms with van der Waals surface area (Å²) in [6.07, 6.45) is 7.64. The van der Waals surface area contributed by atoms with E-state index < -0.39 is 0 Å². The van der Waals surface area contributed by atoms with Crippen LogP contribution >= 0.6 is 11.3 Å². The van der Waals surface area contributed by atoms with Gasteiger partial charge in [0, 0.05) is 11.0 Å². The highest BCUT2D eigenvalue weighted by Gasteiger charge is 2.12. The van der Waals surface area contributed by atoms with Gasteiger partial charge in [0.15, 0.2) is 0 Å². The van der Waals surface area contributed by atoms with Gasteiger partial charge in [-0.05, 0) is 17.6 Å². The molecule has 1 aliphatic rings. The molecule has 0 aromatic carbocycles. The van der Waals surface area contributed by atoms with Crippen molar-refractivity contribution in [3.63, 3.8) is 0 Å². The third-order valence-electron chi connectivity index (χ3n) is 2.64. The maximum absolute atomic E-state index is 4.52. The molecule has 1 atom stereocenters. The lowest BCUT2D eigenvalue weighted by atomic mass is 9.99. The van der Waals surface area contributed by atoms with E-state index in [-0.39, 0.29) is 0 Å². The first kappa shape index (κ1) is 10.3. The fourth-order valence-electron chi connectivity index (χ4n) is 1.67. The standard InChI is InChI=1S/C11H11N5S/c1-7-2-4-8(5-3-7)11-12-9(6-17-11)10-13-15-16-14-10/h2,4-7H,3H2,1H3,(H,13,14,15,16). The third-order valence-corrected chi connectivity index (χ3v) is 3.53. The van der Waals surface area contributed by atoms with E-state index in [0.29, 0.717) is 11.7 Å². The number of nitrogens with zero attached hydrogens (tertiary/aromatic N) is 4. The minimum absolute atomic E-state index is 0.543. The molecule has 0 amide bonds. The second-order valence-electron chi connectivity index (χ2n) is 4.00. The van der Waals surface area contributed by atoms with Gasteiger partial charge in [-0.15, -0.1) is 21.5 Å². The Labute approximate surface area is 102 Å². The number of aromatic amines is 1. The van der Waals surface area contributed by atoms with E-state index in [1.165, 1.54) is 5.57 Å². The van der Waals surface area contributed by atoms with Crippen molar-refractivity contribution in [2.75, 3.05) is 0 Å². The number of nitrogens with one attached hydrogen (secondary N) is 1. The third kappa shape index (κ3) is 2.03. The first-order valence-corrected chi connectivity index (χ1v) is 6.29. The van der Waals surface area contributed by atoms with Crippen molar-refractivity contribution < 1.29 is 0 Å². The van der Waals surface area contributed by atoms with Crippen molar-refractivity contribution in [2.45, 2.75) is 13.3 Å². The average Bonchev–Trinajstić information content (AvgIpc) is 3.00. The maximum atomic E-state index is 4.52. The Morgan fingerprint density at radius 3 is 3.12 bits per heavy atom. The number of hydrogen-bond acceptors (Lipinski definition) is 5. The summed E-state index contributed by atoms with van der Waals surface area (Å²) in [6.45, 7) is 2.20. The summed E-state index contributed by atoms with van der Waals surface area (Å²) >= 11 is 1.60. The van der Waals surface area contributed by atoms with E-state index >= 15 is 0 Å². The lowest BCUT2D eigenvalue weighted by Gasteiger charge is -2.09. The van der Waals surface area contributed by atoms with Crippen molar-refractivity contribution in [1.29, 1.82) is 0 Å². The zero-order valence-electron chi connectivity index (χ0n) is 9.29. The van der Waals surface area contributed by atoms with Crippen molar-refractivity contribution in [1.82, 2.24) is 25.6 Å². The van der Waals surface area contributed by atoms with Crippen molar-refractivity contribution in [3.8, 4) is 11.5 Å². The van der Waals surface area contributed by atoms with Crippen molar-refractivity contribution in [3.05, 3.63) is 28.6 Å². The summed E-state index contributed by atoms with van der Waals surface area (Å²) in [7, 11) is 0. The predicted octanol–water partition coefficient (Wildman–Crippen LogP) is 2.30. The Balaban J connectivity index is 1.89. The molecule has 0 fully saturated rings. The molecule has 2 aromatic rings. The molecule has 2 heterocycles. The first-order chi connectivity index (χ1) is 8.33. The molecule has 3 rings (SSSR count). The second kappa shape index (κ2) is 4.21. The van der Waals surface area contributed by atoms with Crippen LogP contribution in [0.4, 0.5) is 0 Å². The van der Waals surface area contributed by atoms with Gasteiger partial charge in [0.1, 0.15) is 10.7 Å². The number of aromatic nitrogens is 5. The van der Waals surface area contributed by atoms with E-state index in [4.69, 9.17) is 0 Å². The van der Waals surface area contributed by atoms with Gasteiger partial charge >= 0.3 is 0 Å². The molecule has 0 bridgehead atoms. The molecule has 0 radical (unpaired) electrons. The summed E-state index contributed by atoms with van der Waals surface area (Å²) in [5, 5.41) is 16.8. The minimum atomic E-state index is 0.543. The van der Waals surface area contributed by atoms with Crippen LogP contribution in [0.25, 0.3) is 17.1 Å². The topological polar surface area (TPSA) is 67.3 Å². The minimum Gasteiger partial charge on any atom is -0.233 e. The largest absolute Gasteiger partial charge is 0.233 e. The molecule has 6 heteroatoms. The first-order valence-electron chi connectivity index (χ1n) is 5.41. The van der Waals surface area contributed by atoms with E-state index in [0.717, 1.165) is 17.1 Å². The molecule has 0 saturated carbocycles. The number of thiazole rings is 1. The zero-order chi connectivity index (χ0) is 11.7. The molecule has 1 aliphatic carbocycles. The molecule has 5 nitrogen and oxygen atoms in total. The molecule has 2 aromatic heterocycles. The molecular formula is C11H11N5S. The molecule has 0 aliphatic heterocycles. The highest BCUT2D eigenvalue weighted by Crippen LogP contribution is 2.28. The average molecular weight is 245 g/mol. The molecule has 1 N–H and O–H groups in total. The van der Waals surface area contributed by atoms with E-state index in [1.807, 2.05) is 5.38 Å². The van der Waals surface area contributed by atoms with Crippen LogP contribution in [-0.4, -0.2) is 25.6 Å². The number of rotatable bonds is 2. The number of hydrogen-bond donors (Lipinski definition) is 1. The lowest BCUT2D eigenvalue weighted by Crippen LogP contribution is -1.94. The molecule has 0 saturated heterocycles. The van der Waals surface area contributed by atoms with Crippen LogP contribution in [0.15, 0.2) is 23.6 Å². The molecule has 86 valence electrons. The van der Waals surface area contributed by atoms with Crippen LogP contribution in [0.1, 0.15) is 18.4 Å². The summed E-state index contributed by atoms with van der Waals surface area (Å²) in [5.74, 6) is 1.16. The Bertz CT molecular complexity index is 566. The molecule has 1 unspecified atom stereocenters. The SMILES string of the molecule is CC1C=CC(c2nc(-c3nn[nH]n3)cs2)=CC1. The van der Waals surface area contributed by atoms with Crippen LogP contribution in [-0.2, 0) is 0 Å². The van der Waals surface area contributed by atoms with Gasteiger partial charge in [-0.25, -0.2) is 4.98 Å². The predicted molar refractivity (Wildman–Crippen MR) is 66.2 cm³/mol. The molecule has 17 heavy (non-hydrogen) atoms. The number of tetrazole rings is 1. The van der Waals surface area contributed by atoms with Crippen LogP contribution < -0.4 is 0 Å². The highest BCUT2D eigenvalue weighted by atomic mass is 32.1. The fourth-order valence-corrected chi connectivity index (χ4v) is 2.49. The van der Waals surface area contributed by atoms with Gasteiger partial charge < -0.3 is 0 Å². The van der Waals surface area contributed by atoms with Crippen LogP contribution in [0.5, 0.6) is 0 Å². The van der Waals surface area contributed by atoms with E-state index in [2.05, 4.69) is 50.8 Å². The summed E-state index contributed by atoms with van der Waals surface area (Å²) < 4.78 is 0. The molecular weight excluding hydrogens is 234 g/mol. The normalized spacial score (nSPS) is 19.4. The van der Waals surface area contributed by atoms with Gasteiger partial charge in [-0.2, -0.15) is 5.21 Å². The van der Waals surface area contributed by atoms with Gasteiger partial charge in [0.05, 0.1) is 0 Å². The highest BCUT2D eigenvalue weighted by molar-refractivity contribution is 7.11. The number of allylic oxidation sites excluding steroid dienone is 4. The van der Waals surface area contributed by atoms with E-state index in [1.54, 1.807) is 11.3 Å². The van der Waals surface area contributed by atoms with Gasteiger partial charge in [0.25, 0.3) is 0 Å². The number of H-pyrrole nitrogens is 1. The van der Waals surface area contributed by atoms with Crippen molar-refractivity contribution in [2.24, 2.45) is 5.92 Å². The zero-order valence-corrected chi connectivity index (χ0v) is 10.1. The smallest absolute Gasteiger partial charge is 0.223 e. The quantitative estimate of drug-likeness (QED) is 0.881. The Hall–Kier alpha value is -1.82. The lowest BCUT2D eigenvalue weighted by molar-refractivity contribution is 0.739. The van der Waals surface area contributed by atoms with E-state index in [9.17, 15) is 0 Å². The summed E-state index contributed by atoms with van der Waals surface area (Å²) in [5.41, 5.74) is 1.95. The van der Waals surface area contributed by atoms with Crippen LogP contribution in [0, 0.1) is 5.92 Å². The van der Waals surface area contributed by atoms with Crippen molar-refractivity contribution >= 4 is 16.9 Å². The van der Waals surface area contributed by atoms with Gasteiger partial charge in [-0.3, -0.25) is 0 Å². The Morgan fingerprint density at radius 1 is 1.47 bits per heavy atom. The Morgan fingerprint density at radius 2 is 2.41 bits per heavy atom. The maximum Gasteiger partial charge on any atom is 0.223 e. The van der Waals surface area contributed by atoms with Crippen LogP contribution in [0.3, 0.4) is 0 Å². The van der Waals surface area contributed by atoms with Crippen LogP contribution in [0.2, 0.25) is 0 Å². The summed E-state index contributed by atoms with van der Waals surface area (Å²) in [4.78, 5) is 4.52. The Kier molecular flexibility index (Phi) is 2.56. The molecule has 0 spiro atoms. The monoisotopic (exact) mass is 245 g/mol.